The van der Waals surface area contributed by atoms with E-state index in [9.17, 15) is 10.1 Å². The Kier molecular flexibility index (Phi) is 3.58. The topological polar surface area (TPSA) is 67.2 Å². The molecule has 0 amide bonds. The van der Waals surface area contributed by atoms with E-state index in [4.69, 9.17) is 0 Å². The number of anilines is 1. The van der Waals surface area contributed by atoms with E-state index in [0.29, 0.717) is 0 Å². The average Bonchev–Trinajstić information content (AvgIpc) is 3.09. The molecule has 92 valence electrons. The lowest BCUT2D eigenvalue weighted by Gasteiger charge is -2.09. The summed E-state index contributed by atoms with van der Waals surface area (Å²) < 4.78 is 0. The summed E-state index contributed by atoms with van der Waals surface area (Å²) >= 11 is 0. The minimum atomic E-state index is -0.370. The second-order valence-corrected chi connectivity index (χ2v) is 4.41. The smallest absolute Gasteiger partial charge is 0.269 e. The number of nitro benzene ring substituents is 1. The molecule has 1 saturated carbocycles. The predicted octanol–water partition coefficient (Wildman–Crippen LogP) is 2.07. The van der Waals surface area contributed by atoms with Crippen molar-refractivity contribution in [3.8, 4) is 0 Å². The first-order valence-corrected chi connectivity index (χ1v) is 5.89. The number of hydrogen-bond acceptors (Lipinski definition) is 4. The second kappa shape index (κ2) is 5.14. The van der Waals surface area contributed by atoms with Crippen LogP contribution >= 0.6 is 0 Å². The van der Waals surface area contributed by atoms with E-state index in [1.165, 1.54) is 18.9 Å². The fraction of sp³-hybridized carbons (Fsp3) is 0.500. The summed E-state index contributed by atoms with van der Waals surface area (Å²) in [4.78, 5) is 10.2. The summed E-state index contributed by atoms with van der Waals surface area (Å²) in [6.45, 7) is 3.65. The summed E-state index contributed by atoms with van der Waals surface area (Å²) in [6, 6.07) is 5.61. The van der Waals surface area contributed by atoms with Crippen molar-refractivity contribution in [3.05, 3.63) is 33.9 Å². The van der Waals surface area contributed by atoms with Crippen LogP contribution in [-0.2, 0) is 0 Å². The van der Waals surface area contributed by atoms with Crippen molar-refractivity contribution in [2.45, 2.75) is 25.8 Å². The van der Waals surface area contributed by atoms with Gasteiger partial charge in [0.05, 0.1) is 4.92 Å². The van der Waals surface area contributed by atoms with Gasteiger partial charge in [-0.3, -0.25) is 10.1 Å². The third-order valence-electron chi connectivity index (χ3n) is 2.87. The molecule has 0 bridgehead atoms. The molecule has 0 saturated heterocycles. The molecule has 2 N–H and O–H groups in total. The Labute approximate surface area is 100 Å². The maximum absolute atomic E-state index is 10.6. The van der Waals surface area contributed by atoms with Crippen molar-refractivity contribution in [1.29, 1.82) is 0 Å². The van der Waals surface area contributed by atoms with Gasteiger partial charge < -0.3 is 10.6 Å². The Balaban J connectivity index is 1.84. The zero-order valence-corrected chi connectivity index (χ0v) is 9.90. The number of nitrogens with zero attached hydrogens (tertiary/aromatic N) is 1. The van der Waals surface area contributed by atoms with E-state index in [1.807, 2.05) is 6.92 Å². The maximum atomic E-state index is 10.6. The number of non-ortho nitro benzene ring substituents is 1. The molecule has 0 spiro atoms. The molecule has 0 unspecified atom stereocenters. The summed E-state index contributed by atoms with van der Waals surface area (Å²) in [7, 11) is 0. The molecule has 1 aliphatic carbocycles. The van der Waals surface area contributed by atoms with Gasteiger partial charge in [0.25, 0.3) is 5.69 Å². The Morgan fingerprint density at radius 1 is 1.41 bits per heavy atom. The van der Waals surface area contributed by atoms with Crippen LogP contribution < -0.4 is 10.6 Å². The monoisotopic (exact) mass is 235 g/mol. The first-order chi connectivity index (χ1) is 8.16. The molecular weight excluding hydrogens is 218 g/mol. The van der Waals surface area contributed by atoms with Crippen molar-refractivity contribution >= 4 is 11.4 Å². The van der Waals surface area contributed by atoms with Crippen LogP contribution in [0.25, 0.3) is 0 Å². The Hall–Kier alpha value is -1.62. The van der Waals surface area contributed by atoms with E-state index < -0.39 is 0 Å². The minimum absolute atomic E-state index is 0.143. The number of aryl methyl sites for hydroxylation is 1. The molecule has 0 aliphatic heterocycles. The van der Waals surface area contributed by atoms with Crippen LogP contribution in [0.4, 0.5) is 11.4 Å². The van der Waals surface area contributed by atoms with Crippen molar-refractivity contribution in [2.24, 2.45) is 0 Å². The maximum Gasteiger partial charge on any atom is 0.269 e. The molecule has 0 radical (unpaired) electrons. The molecule has 2 rings (SSSR count). The molecular formula is C12H17N3O2. The standard InChI is InChI=1S/C12H17N3O2/c1-9-8-11(15(16)17)4-5-12(9)14-7-6-13-10-2-3-10/h4-5,8,10,13-14H,2-3,6-7H2,1H3. The van der Waals surface area contributed by atoms with E-state index in [1.54, 1.807) is 12.1 Å². The molecule has 5 heteroatoms. The third kappa shape index (κ3) is 3.42. The third-order valence-corrected chi connectivity index (χ3v) is 2.87. The van der Waals surface area contributed by atoms with Gasteiger partial charge in [-0.15, -0.1) is 0 Å². The van der Waals surface area contributed by atoms with Crippen molar-refractivity contribution < 1.29 is 4.92 Å². The molecule has 1 aliphatic rings. The van der Waals surface area contributed by atoms with Crippen LogP contribution in [0.1, 0.15) is 18.4 Å². The molecule has 0 atom stereocenters. The van der Waals surface area contributed by atoms with Crippen LogP contribution in [-0.4, -0.2) is 24.1 Å². The number of benzene rings is 1. The lowest BCUT2D eigenvalue weighted by molar-refractivity contribution is -0.384. The lowest BCUT2D eigenvalue weighted by Crippen LogP contribution is -2.24. The second-order valence-electron chi connectivity index (χ2n) is 4.41. The van der Waals surface area contributed by atoms with E-state index in [-0.39, 0.29) is 10.6 Å². The van der Waals surface area contributed by atoms with Gasteiger partial charge in [0, 0.05) is 37.0 Å². The molecule has 5 nitrogen and oxygen atoms in total. The van der Waals surface area contributed by atoms with Crippen LogP contribution in [0.15, 0.2) is 18.2 Å². The van der Waals surface area contributed by atoms with E-state index >= 15 is 0 Å². The fourth-order valence-corrected chi connectivity index (χ4v) is 1.72. The van der Waals surface area contributed by atoms with Crippen LogP contribution in [0.2, 0.25) is 0 Å². The first-order valence-electron chi connectivity index (χ1n) is 5.89. The van der Waals surface area contributed by atoms with Gasteiger partial charge in [-0.2, -0.15) is 0 Å². The largest absolute Gasteiger partial charge is 0.384 e. The minimum Gasteiger partial charge on any atom is -0.384 e. The number of hydrogen-bond donors (Lipinski definition) is 2. The van der Waals surface area contributed by atoms with Crippen molar-refractivity contribution in [2.75, 3.05) is 18.4 Å². The highest BCUT2D eigenvalue weighted by Crippen LogP contribution is 2.21. The van der Waals surface area contributed by atoms with Crippen molar-refractivity contribution in [1.82, 2.24) is 5.32 Å². The number of rotatable bonds is 6. The molecule has 0 heterocycles. The van der Waals surface area contributed by atoms with Gasteiger partial charge in [-0.25, -0.2) is 0 Å². The fourth-order valence-electron chi connectivity index (χ4n) is 1.72. The van der Waals surface area contributed by atoms with Crippen LogP contribution in [0.5, 0.6) is 0 Å². The van der Waals surface area contributed by atoms with Gasteiger partial charge in [0.2, 0.25) is 0 Å². The highest BCUT2D eigenvalue weighted by Gasteiger charge is 2.19. The Morgan fingerprint density at radius 2 is 2.18 bits per heavy atom. The Morgan fingerprint density at radius 3 is 2.76 bits per heavy atom. The highest BCUT2D eigenvalue weighted by molar-refractivity contribution is 5.55. The van der Waals surface area contributed by atoms with E-state index in [0.717, 1.165) is 30.4 Å². The van der Waals surface area contributed by atoms with Crippen molar-refractivity contribution in [3.63, 3.8) is 0 Å². The zero-order valence-electron chi connectivity index (χ0n) is 9.90. The first kappa shape index (κ1) is 11.9. The van der Waals surface area contributed by atoms with Gasteiger partial charge in [0.1, 0.15) is 0 Å². The molecule has 17 heavy (non-hydrogen) atoms. The SMILES string of the molecule is Cc1cc([N+](=O)[O-])ccc1NCCNC1CC1. The van der Waals surface area contributed by atoms with Gasteiger partial charge >= 0.3 is 0 Å². The molecule has 0 aromatic heterocycles. The molecule has 1 fully saturated rings. The molecule has 1 aromatic rings. The van der Waals surface area contributed by atoms with Gasteiger partial charge in [-0.05, 0) is 31.4 Å². The summed E-state index contributed by atoms with van der Waals surface area (Å²) in [5.74, 6) is 0. The zero-order chi connectivity index (χ0) is 12.3. The Bertz CT molecular complexity index is 416. The summed E-state index contributed by atoms with van der Waals surface area (Å²) in [6.07, 6.45) is 2.58. The van der Waals surface area contributed by atoms with Gasteiger partial charge in [-0.1, -0.05) is 0 Å². The summed E-state index contributed by atoms with van der Waals surface area (Å²) in [5.41, 5.74) is 2.02. The highest BCUT2D eigenvalue weighted by atomic mass is 16.6. The molecule has 1 aromatic carbocycles. The predicted molar refractivity (Wildman–Crippen MR) is 67.3 cm³/mol. The lowest BCUT2D eigenvalue weighted by atomic mass is 10.2. The summed E-state index contributed by atoms with van der Waals surface area (Å²) in [5, 5.41) is 17.3. The number of nitrogens with one attached hydrogen (secondary N) is 2. The normalized spacial score (nSPS) is 14.6. The number of nitro groups is 1. The average molecular weight is 235 g/mol. The van der Waals surface area contributed by atoms with E-state index in [2.05, 4.69) is 10.6 Å². The van der Waals surface area contributed by atoms with Gasteiger partial charge in [0.15, 0.2) is 0 Å². The van der Waals surface area contributed by atoms with Crippen LogP contribution in [0, 0.1) is 17.0 Å². The van der Waals surface area contributed by atoms with Crippen LogP contribution in [0.3, 0.4) is 0 Å². The quantitative estimate of drug-likeness (QED) is 0.450.